The summed E-state index contributed by atoms with van der Waals surface area (Å²) in [6.07, 6.45) is -4.91. The van der Waals surface area contributed by atoms with E-state index in [1.54, 1.807) is 36.4 Å². The minimum Gasteiger partial charge on any atom is -0.358 e. The Hall–Kier alpha value is -3.34. The van der Waals surface area contributed by atoms with Crippen LogP contribution in [0.5, 0.6) is 0 Å². The molecule has 5 nitrogen and oxygen atoms in total. The highest BCUT2D eigenvalue weighted by Gasteiger charge is 2.44. The molecule has 0 aliphatic rings. The molecule has 0 unspecified atom stereocenters. The Morgan fingerprint density at radius 1 is 1.12 bits per heavy atom. The molecule has 8 heteroatoms. The average Bonchev–Trinajstić information content (AvgIpc) is 2.94. The van der Waals surface area contributed by atoms with Gasteiger partial charge >= 0.3 is 12.0 Å². The number of aromatic nitrogens is 1. The van der Waals surface area contributed by atoms with Crippen LogP contribution in [0.4, 0.5) is 19.0 Å². The summed E-state index contributed by atoms with van der Waals surface area (Å²) in [4.78, 5) is 12.2. The Morgan fingerprint density at radius 3 is 2.42 bits per heavy atom. The molecule has 0 aliphatic carbocycles. The van der Waals surface area contributed by atoms with E-state index in [-0.39, 0.29) is 5.56 Å². The zero-order valence-electron chi connectivity index (χ0n) is 11.9. The SMILES string of the molecule is N#Cc1c([N+](=O)[O-])[nH]c(-c2cccc3ccccc23)c1C(F)(F)F. The third-order valence-corrected chi connectivity index (χ3v) is 3.62. The molecule has 0 spiro atoms. The molecule has 0 saturated carbocycles. The molecule has 0 saturated heterocycles. The van der Waals surface area contributed by atoms with Crippen LogP contribution in [0.1, 0.15) is 11.1 Å². The Labute approximate surface area is 133 Å². The van der Waals surface area contributed by atoms with Crippen molar-refractivity contribution in [3.8, 4) is 17.3 Å². The average molecular weight is 331 g/mol. The molecule has 0 aliphatic heterocycles. The highest BCUT2D eigenvalue weighted by molar-refractivity contribution is 5.97. The zero-order valence-corrected chi connectivity index (χ0v) is 11.9. The fraction of sp³-hybridized carbons (Fsp3) is 0.0625. The molecule has 2 aromatic carbocycles. The second kappa shape index (κ2) is 5.38. The van der Waals surface area contributed by atoms with Crippen LogP contribution in [-0.2, 0) is 6.18 Å². The Kier molecular flexibility index (Phi) is 3.49. The molecule has 24 heavy (non-hydrogen) atoms. The largest absolute Gasteiger partial charge is 0.422 e. The number of fused-ring (bicyclic) bond motifs is 1. The summed E-state index contributed by atoms with van der Waals surface area (Å²) in [6.45, 7) is 0. The monoisotopic (exact) mass is 331 g/mol. The maximum absolute atomic E-state index is 13.5. The van der Waals surface area contributed by atoms with E-state index in [2.05, 4.69) is 4.98 Å². The van der Waals surface area contributed by atoms with Crippen LogP contribution in [0.3, 0.4) is 0 Å². The van der Waals surface area contributed by atoms with E-state index in [0.29, 0.717) is 10.8 Å². The van der Waals surface area contributed by atoms with Gasteiger partial charge in [-0.1, -0.05) is 42.5 Å². The highest BCUT2D eigenvalue weighted by Crippen LogP contribution is 2.44. The van der Waals surface area contributed by atoms with Gasteiger partial charge in [-0.25, -0.2) is 4.98 Å². The summed E-state index contributed by atoms with van der Waals surface area (Å²) in [5, 5.41) is 21.2. The van der Waals surface area contributed by atoms with Crippen LogP contribution in [0.25, 0.3) is 22.0 Å². The number of nitro groups is 1. The number of nitrogens with zero attached hydrogens (tertiary/aromatic N) is 2. The van der Waals surface area contributed by atoms with Gasteiger partial charge in [0.15, 0.2) is 5.56 Å². The van der Waals surface area contributed by atoms with E-state index in [1.165, 1.54) is 12.1 Å². The van der Waals surface area contributed by atoms with Gasteiger partial charge in [-0.05, 0) is 15.7 Å². The lowest BCUT2D eigenvalue weighted by Gasteiger charge is -2.08. The number of nitrogens with one attached hydrogen (secondary N) is 1. The second-order valence-corrected chi connectivity index (χ2v) is 4.99. The molecule has 0 bridgehead atoms. The third kappa shape index (κ3) is 2.36. The first-order valence-corrected chi connectivity index (χ1v) is 6.70. The van der Waals surface area contributed by atoms with Gasteiger partial charge in [0.2, 0.25) is 0 Å². The van der Waals surface area contributed by atoms with Crippen LogP contribution in [0, 0.1) is 21.4 Å². The number of alkyl halides is 3. The predicted molar refractivity (Wildman–Crippen MR) is 80.1 cm³/mol. The second-order valence-electron chi connectivity index (χ2n) is 4.99. The molecule has 0 amide bonds. The highest BCUT2D eigenvalue weighted by atomic mass is 19.4. The van der Waals surface area contributed by atoms with Gasteiger partial charge in [0, 0.05) is 5.56 Å². The maximum Gasteiger partial charge on any atom is 0.422 e. The number of rotatable bonds is 2. The van der Waals surface area contributed by atoms with E-state index < -0.39 is 33.7 Å². The number of hydrogen-bond donors (Lipinski definition) is 1. The lowest BCUT2D eigenvalue weighted by Crippen LogP contribution is -2.08. The minimum absolute atomic E-state index is 0.144. The molecule has 0 atom stereocenters. The van der Waals surface area contributed by atoms with E-state index >= 15 is 0 Å². The first-order valence-electron chi connectivity index (χ1n) is 6.70. The van der Waals surface area contributed by atoms with Crippen molar-refractivity contribution < 1.29 is 18.1 Å². The fourth-order valence-electron chi connectivity index (χ4n) is 2.66. The Balaban J connectivity index is 2.44. The van der Waals surface area contributed by atoms with Crippen molar-refractivity contribution >= 4 is 16.6 Å². The first-order chi connectivity index (χ1) is 11.3. The molecule has 3 rings (SSSR count). The van der Waals surface area contributed by atoms with Gasteiger partial charge in [-0.2, -0.15) is 18.4 Å². The molecule has 120 valence electrons. The van der Waals surface area contributed by atoms with E-state index in [9.17, 15) is 23.3 Å². The maximum atomic E-state index is 13.5. The Bertz CT molecular complexity index is 995. The standard InChI is InChI=1S/C16H8F3N3O2/c17-16(18,19)13-12(8-20)15(22(23)24)21-14(13)11-7-3-5-9-4-1-2-6-10(9)11/h1-7,21H. The first kappa shape index (κ1) is 15.6. The van der Waals surface area contributed by atoms with Gasteiger partial charge < -0.3 is 10.1 Å². The molecule has 0 fully saturated rings. The molecule has 0 radical (unpaired) electrons. The summed E-state index contributed by atoms with van der Waals surface area (Å²) in [7, 11) is 0. The quantitative estimate of drug-likeness (QED) is 0.549. The van der Waals surface area contributed by atoms with Gasteiger partial charge in [-0.15, -0.1) is 0 Å². The van der Waals surface area contributed by atoms with Crippen LogP contribution >= 0.6 is 0 Å². The van der Waals surface area contributed by atoms with Crippen LogP contribution < -0.4 is 0 Å². The predicted octanol–water partition coefficient (Wildman–Crippen LogP) is 4.63. The normalized spacial score (nSPS) is 11.4. The van der Waals surface area contributed by atoms with Crippen molar-refractivity contribution in [2.75, 3.05) is 0 Å². The molecular weight excluding hydrogens is 323 g/mol. The van der Waals surface area contributed by atoms with Crippen molar-refractivity contribution in [2.45, 2.75) is 6.18 Å². The minimum atomic E-state index is -4.91. The molecule has 1 heterocycles. The smallest absolute Gasteiger partial charge is 0.358 e. The lowest BCUT2D eigenvalue weighted by atomic mass is 9.98. The van der Waals surface area contributed by atoms with Gasteiger partial charge in [0.1, 0.15) is 17.3 Å². The fourth-order valence-corrected chi connectivity index (χ4v) is 2.66. The summed E-state index contributed by atoms with van der Waals surface area (Å²) < 4.78 is 40.4. The molecule has 1 N–H and O–H groups in total. The number of hydrogen-bond acceptors (Lipinski definition) is 3. The van der Waals surface area contributed by atoms with E-state index in [0.717, 1.165) is 0 Å². The van der Waals surface area contributed by atoms with Crippen LogP contribution in [0.2, 0.25) is 0 Å². The molecule has 1 aromatic heterocycles. The summed E-state index contributed by atoms with van der Waals surface area (Å²) in [5.41, 5.74) is -2.68. The topological polar surface area (TPSA) is 82.7 Å². The van der Waals surface area contributed by atoms with Crippen molar-refractivity contribution in [3.05, 3.63) is 63.7 Å². The van der Waals surface area contributed by atoms with E-state index in [4.69, 9.17) is 5.26 Å². The molecular formula is C16H8F3N3O2. The van der Waals surface area contributed by atoms with Crippen molar-refractivity contribution in [1.82, 2.24) is 4.98 Å². The summed E-state index contributed by atoms with van der Waals surface area (Å²) in [6, 6.07) is 12.7. The van der Waals surface area contributed by atoms with Crippen molar-refractivity contribution in [3.63, 3.8) is 0 Å². The summed E-state index contributed by atoms with van der Waals surface area (Å²) in [5.74, 6) is -0.965. The lowest BCUT2D eigenvalue weighted by molar-refractivity contribution is -0.389. The number of aromatic amines is 1. The van der Waals surface area contributed by atoms with E-state index in [1.807, 2.05) is 0 Å². The number of benzene rings is 2. The van der Waals surface area contributed by atoms with Gasteiger partial charge in [0.05, 0.1) is 0 Å². The summed E-state index contributed by atoms with van der Waals surface area (Å²) >= 11 is 0. The van der Waals surface area contributed by atoms with Gasteiger partial charge in [0.25, 0.3) is 0 Å². The van der Waals surface area contributed by atoms with Crippen molar-refractivity contribution in [1.29, 1.82) is 5.26 Å². The zero-order chi connectivity index (χ0) is 17.5. The van der Waals surface area contributed by atoms with Gasteiger partial charge in [-0.3, -0.25) is 0 Å². The molecule has 3 aromatic rings. The Morgan fingerprint density at radius 2 is 1.79 bits per heavy atom. The number of nitriles is 1. The number of H-pyrrole nitrogens is 1. The third-order valence-electron chi connectivity index (χ3n) is 3.62. The van der Waals surface area contributed by atoms with Crippen LogP contribution in [-0.4, -0.2) is 9.91 Å². The van der Waals surface area contributed by atoms with Crippen LogP contribution in [0.15, 0.2) is 42.5 Å². The number of halogens is 3. The van der Waals surface area contributed by atoms with Crippen molar-refractivity contribution in [2.24, 2.45) is 0 Å².